The Hall–Kier alpha value is -3.18. The third kappa shape index (κ3) is 5.21. The van der Waals surface area contributed by atoms with E-state index in [4.69, 9.17) is 9.47 Å². The molecule has 0 aliphatic rings. The summed E-state index contributed by atoms with van der Waals surface area (Å²) in [5, 5.41) is 13.7. The second kappa shape index (κ2) is 8.88. The van der Waals surface area contributed by atoms with Crippen molar-refractivity contribution in [1.29, 1.82) is 0 Å². The zero-order valence-electron chi connectivity index (χ0n) is 16.3. The molecule has 0 aromatic heterocycles. The molecule has 2 rings (SSSR count). The van der Waals surface area contributed by atoms with E-state index >= 15 is 0 Å². The van der Waals surface area contributed by atoms with Crippen LogP contribution in [0.3, 0.4) is 0 Å². The minimum atomic E-state index is -3.68. The Morgan fingerprint density at radius 2 is 1.90 bits per heavy atom. The summed E-state index contributed by atoms with van der Waals surface area (Å²) >= 11 is 0. The van der Waals surface area contributed by atoms with Gasteiger partial charge in [-0.2, -0.15) is 0 Å². The van der Waals surface area contributed by atoms with Crippen molar-refractivity contribution >= 4 is 27.3 Å². The molecule has 0 fully saturated rings. The first-order valence-electron chi connectivity index (χ1n) is 8.34. The summed E-state index contributed by atoms with van der Waals surface area (Å²) in [7, 11) is 0.520. The van der Waals surface area contributed by atoms with Crippen molar-refractivity contribution in [3.05, 3.63) is 52.1 Å². The fourth-order valence-electron chi connectivity index (χ4n) is 2.38. The van der Waals surface area contributed by atoms with Crippen LogP contribution in [-0.4, -0.2) is 51.4 Å². The number of aryl methyl sites for hydroxylation is 1. The lowest BCUT2D eigenvalue weighted by molar-refractivity contribution is -0.385. The summed E-state index contributed by atoms with van der Waals surface area (Å²) in [4.78, 5) is 22.7. The summed E-state index contributed by atoms with van der Waals surface area (Å²) in [6.45, 7) is 1.14. The van der Waals surface area contributed by atoms with Crippen molar-refractivity contribution in [2.75, 3.05) is 33.1 Å². The molecule has 1 amide bonds. The van der Waals surface area contributed by atoms with Gasteiger partial charge in [0.2, 0.25) is 10.0 Å². The Morgan fingerprint density at radius 1 is 1.21 bits per heavy atom. The van der Waals surface area contributed by atoms with Gasteiger partial charge in [-0.05, 0) is 36.8 Å². The summed E-state index contributed by atoms with van der Waals surface area (Å²) < 4.78 is 36.0. The molecule has 1 N–H and O–H groups in total. The van der Waals surface area contributed by atoms with Gasteiger partial charge in [-0.3, -0.25) is 14.9 Å². The molecule has 0 aliphatic heterocycles. The second-order valence-corrected chi connectivity index (χ2v) is 8.32. The minimum absolute atomic E-state index is 0.0620. The lowest BCUT2D eigenvalue weighted by atomic mass is 10.2. The third-order valence-corrected chi connectivity index (χ3v) is 5.91. The number of hydrogen-bond donors (Lipinski definition) is 1. The summed E-state index contributed by atoms with van der Waals surface area (Å²) in [5.41, 5.74) is 0.447. The average molecular weight is 423 g/mol. The molecule has 0 bridgehead atoms. The number of nitro benzene ring substituents is 1. The summed E-state index contributed by atoms with van der Waals surface area (Å²) in [6.07, 6.45) is 0. The van der Waals surface area contributed by atoms with Gasteiger partial charge in [-0.25, -0.2) is 12.7 Å². The van der Waals surface area contributed by atoms with Crippen LogP contribution < -0.4 is 14.8 Å². The van der Waals surface area contributed by atoms with Crippen molar-refractivity contribution < 1.29 is 27.6 Å². The second-order valence-electron chi connectivity index (χ2n) is 6.20. The highest BCUT2D eigenvalue weighted by Gasteiger charge is 2.21. The smallest absolute Gasteiger partial charge is 0.314 e. The highest BCUT2D eigenvalue weighted by Crippen LogP contribution is 2.31. The molecule has 0 radical (unpaired) electrons. The number of nitro groups is 1. The average Bonchev–Trinajstić information content (AvgIpc) is 2.67. The van der Waals surface area contributed by atoms with Crippen LogP contribution in [0.25, 0.3) is 0 Å². The number of carbonyl (C=O) groups is 1. The van der Waals surface area contributed by atoms with E-state index in [0.717, 1.165) is 4.31 Å². The highest BCUT2D eigenvalue weighted by molar-refractivity contribution is 7.89. The predicted molar refractivity (Wildman–Crippen MR) is 106 cm³/mol. The van der Waals surface area contributed by atoms with Gasteiger partial charge in [0.15, 0.2) is 12.4 Å². The van der Waals surface area contributed by atoms with E-state index in [1.165, 1.54) is 45.5 Å². The van der Waals surface area contributed by atoms with Crippen LogP contribution in [0.1, 0.15) is 5.56 Å². The van der Waals surface area contributed by atoms with Crippen LogP contribution >= 0.6 is 0 Å². The molecule has 29 heavy (non-hydrogen) atoms. The maximum atomic E-state index is 12.4. The van der Waals surface area contributed by atoms with E-state index in [1.54, 1.807) is 19.1 Å². The first kappa shape index (κ1) is 22.1. The highest BCUT2D eigenvalue weighted by atomic mass is 32.2. The number of nitrogens with one attached hydrogen (secondary N) is 1. The molecule has 0 heterocycles. The number of sulfonamides is 1. The summed E-state index contributed by atoms with van der Waals surface area (Å²) in [6, 6.07) is 8.46. The van der Waals surface area contributed by atoms with Gasteiger partial charge < -0.3 is 14.8 Å². The third-order valence-electron chi connectivity index (χ3n) is 3.95. The van der Waals surface area contributed by atoms with Crippen LogP contribution in [-0.2, 0) is 14.8 Å². The largest absolute Gasteiger partial charge is 0.496 e. The van der Waals surface area contributed by atoms with E-state index in [-0.39, 0.29) is 27.8 Å². The van der Waals surface area contributed by atoms with Gasteiger partial charge in [0, 0.05) is 19.8 Å². The van der Waals surface area contributed by atoms with E-state index in [0.29, 0.717) is 5.56 Å². The molecule has 11 heteroatoms. The molecular formula is C18H21N3O7S. The van der Waals surface area contributed by atoms with E-state index in [1.807, 2.05) is 0 Å². The number of nitrogens with zero attached hydrogens (tertiary/aromatic N) is 2. The van der Waals surface area contributed by atoms with Gasteiger partial charge in [-0.15, -0.1) is 0 Å². The van der Waals surface area contributed by atoms with Crippen molar-refractivity contribution in [3.63, 3.8) is 0 Å². The Balaban J connectivity index is 2.14. The number of rotatable bonds is 8. The molecule has 0 unspecified atom stereocenters. The predicted octanol–water partition coefficient (Wildman–Crippen LogP) is 2.18. The molecular weight excluding hydrogens is 402 g/mol. The zero-order chi connectivity index (χ0) is 21.8. The van der Waals surface area contributed by atoms with Crippen LogP contribution in [0, 0.1) is 17.0 Å². The van der Waals surface area contributed by atoms with Crippen molar-refractivity contribution in [2.45, 2.75) is 11.8 Å². The quantitative estimate of drug-likeness (QED) is 0.509. The van der Waals surface area contributed by atoms with Gasteiger partial charge in [0.05, 0.1) is 23.0 Å². The Bertz CT molecular complexity index is 1040. The first-order valence-corrected chi connectivity index (χ1v) is 9.78. The van der Waals surface area contributed by atoms with Crippen molar-refractivity contribution in [2.24, 2.45) is 0 Å². The fourth-order valence-corrected chi connectivity index (χ4v) is 3.53. The molecule has 10 nitrogen and oxygen atoms in total. The monoisotopic (exact) mass is 423 g/mol. The first-order chi connectivity index (χ1) is 13.6. The van der Waals surface area contributed by atoms with Gasteiger partial charge in [0.25, 0.3) is 5.91 Å². The van der Waals surface area contributed by atoms with Crippen molar-refractivity contribution in [3.8, 4) is 11.5 Å². The molecule has 2 aromatic carbocycles. The van der Waals surface area contributed by atoms with Crippen molar-refractivity contribution in [1.82, 2.24) is 4.31 Å². The van der Waals surface area contributed by atoms with Gasteiger partial charge >= 0.3 is 5.69 Å². The Morgan fingerprint density at radius 3 is 2.48 bits per heavy atom. The SMILES string of the molecule is COc1ccc(OCC(=O)Nc2ccc(C)c(S(=O)(=O)N(C)C)c2)c([N+](=O)[O-])c1. The Labute approximate surface area is 168 Å². The number of amides is 1. The molecule has 0 saturated carbocycles. The molecule has 0 atom stereocenters. The van der Waals surface area contributed by atoms with Crippen LogP contribution in [0.5, 0.6) is 11.5 Å². The van der Waals surface area contributed by atoms with E-state index in [9.17, 15) is 23.3 Å². The number of benzene rings is 2. The normalized spacial score (nSPS) is 11.2. The molecule has 0 aliphatic carbocycles. The van der Waals surface area contributed by atoms with Gasteiger partial charge in [-0.1, -0.05) is 6.07 Å². The van der Waals surface area contributed by atoms with Crippen LogP contribution in [0.2, 0.25) is 0 Å². The van der Waals surface area contributed by atoms with Crippen LogP contribution in [0.15, 0.2) is 41.3 Å². The molecule has 2 aromatic rings. The maximum Gasteiger partial charge on any atom is 0.314 e. The maximum absolute atomic E-state index is 12.4. The summed E-state index contributed by atoms with van der Waals surface area (Å²) in [5.74, 6) is -0.416. The lowest BCUT2D eigenvalue weighted by Gasteiger charge is -2.15. The number of methoxy groups -OCH3 is 1. The number of anilines is 1. The molecule has 0 saturated heterocycles. The molecule has 156 valence electrons. The van der Waals surface area contributed by atoms with E-state index in [2.05, 4.69) is 5.32 Å². The standard InChI is InChI=1S/C18H21N3O7S/c1-12-5-6-13(9-17(12)29(25,26)20(2)3)19-18(22)11-28-16-8-7-14(27-4)10-15(16)21(23)24/h5-10H,11H2,1-4H3,(H,19,22). The number of hydrogen-bond acceptors (Lipinski definition) is 7. The fraction of sp³-hybridized carbons (Fsp3) is 0.278. The molecule has 0 spiro atoms. The zero-order valence-corrected chi connectivity index (χ0v) is 17.1. The number of ether oxygens (including phenoxy) is 2. The van der Waals surface area contributed by atoms with Gasteiger partial charge in [0.1, 0.15) is 5.75 Å². The van der Waals surface area contributed by atoms with Crippen LogP contribution in [0.4, 0.5) is 11.4 Å². The topological polar surface area (TPSA) is 128 Å². The minimum Gasteiger partial charge on any atom is -0.496 e. The lowest BCUT2D eigenvalue weighted by Crippen LogP contribution is -2.24. The Kier molecular flexibility index (Phi) is 6.77. The number of carbonyl (C=O) groups excluding carboxylic acids is 1. The van der Waals surface area contributed by atoms with E-state index < -0.39 is 27.5 Å².